The van der Waals surface area contributed by atoms with Crippen molar-refractivity contribution in [2.45, 2.75) is 37.8 Å². The molecule has 0 spiro atoms. The van der Waals surface area contributed by atoms with E-state index < -0.39 is 0 Å². The van der Waals surface area contributed by atoms with Crippen molar-refractivity contribution in [1.29, 1.82) is 0 Å². The van der Waals surface area contributed by atoms with Crippen LogP contribution in [0.15, 0.2) is 42.6 Å². The van der Waals surface area contributed by atoms with Gasteiger partial charge >= 0.3 is 0 Å². The topological polar surface area (TPSA) is 36.1 Å². The first-order chi connectivity index (χ1) is 9.72. The molecule has 2 saturated heterocycles. The molecule has 2 aromatic rings. The SMILES string of the molecule is C=C1CC2CCC(C1)N2C(=O)c1ccc2[nH]ccc2c1. The van der Waals surface area contributed by atoms with E-state index in [1.54, 1.807) is 0 Å². The minimum atomic E-state index is 0.188. The van der Waals surface area contributed by atoms with E-state index in [0.29, 0.717) is 12.1 Å². The van der Waals surface area contributed by atoms with Crippen molar-refractivity contribution in [2.75, 3.05) is 0 Å². The molecule has 2 aliphatic heterocycles. The van der Waals surface area contributed by atoms with Crippen molar-refractivity contribution in [1.82, 2.24) is 9.88 Å². The van der Waals surface area contributed by atoms with E-state index in [-0.39, 0.29) is 5.91 Å². The average molecular weight is 266 g/mol. The summed E-state index contributed by atoms with van der Waals surface area (Å²) in [7, 11) is 0. The van der Waals surface area contributed by atoms with Crippen molar-refractivity contribution in [3.63, 3.8) is 0 Å². The van der Waals surface area contributed by atoms with E-state index in [4.69, 9.17) is 0 Å². The van der Waals surface area contributed by atoms with Gasteiger partial charge in [0.1, 0.15) is 0 Å². The van der Waals surface area contributed by atoms with Crippen molar-refractivity contribution < 1.29 is 4.79 Å². The molecule has 3 heterocycles. The molecule has 3 nitrogen and oxygen atoms in total. The molecule has 2 aliphatic rings. The Hall–Kier alpha value is -2.03. The molecule has 1 amide bonds. The fraction of sp³-hybridized carbons (Fsp3) is 0.353. The van der Waals surface area contributed by atoms with Gasteiger partial charge in [-0.15, -0.1) is 0 Å². The van der Waals surface area contributed by atoms with Gasteiger partial charge in [0.15, 0.2) is 0 Å². The standard InChI is InChI=1S/C17H18N2O/c1-11-8-14-3-4-15(9-11)19(14)17(20)13-2-5-16-12(10-13)6-7-18-16/h2,5-7,10,14-15,18H,1,3-4,8-9H2. The summed E-state index contributed by atoms with van der Waals surface area (Å²) < 4.78 is 0. The predicted molar refractivity (Wildman–Crippen MR) is 79.7 cm³/mol. The second-order valence-electron chi connectivity index (χ2n) is 6.04. The summed E-state index contributed by atoms with van der Waals surface area (Å²) in [4.78, 5) is 18.1. The van der Waals surface area contributed by atoms with Crippen molar-refractivity contribution >= 4 is 16.8 Å². The molecule has 0 radical (unpaired) electrons. The highest BCUT2D eigenvalue weighted by Gasteiger charge is 2.40. The van der Waals surface area contributed by atoms with Gasteiger partial charge in [-0.3, -0.25) is 4.79 Å². The van der Waals surface area contributed by atoms with Crippen molar-refractivity contribution in [2.24, 2.45) is 0 Å². The maximum atomic E-state index is 12.8. The number of nitrogens with zero attached hydrogens (tertiary/aromatic N) is 1. The first kappa shape index (κ1) is 11.8. The maximum absolute atomic E-state index is 12.8. The lowest BCUT2D eigenvalue weighted by molar-refractivity contribution is 0.0635. The Labute approximate surface area is 118 Å². The van der Waals surface area contributed by atoms with Gasteiger partial charge in [-0.2, -0.15) is 0 Å². The monoisotopic (exact) mass is 266 g/mol. The lowest BCUT2D eigenvalue weighted by Crippen LogP contribution is -2.44. The number of rotatable bonds is 1. The van der Waals surface area contributed by atoms with Gasteiger partial charge in [-0.25, -0.2) is 0 Å². The van der Waals surface area contributed by atoms with Crippen LogP contribution in [0.3, 0.4) is 0 Å². The van der Waals surface area contributed by atoms with Crippen LogP contribution in [0.2, 0.25) is 0 Å². The Bertz CT molecular complexity index is 684. The van der Waals surface area contributed by atoms with Gasteiger partial charge in [0.05, 0.1) is 0 Å². The third-order valence-corrected chi connectivity index (χ3v) is 4.70. The zero-order chi connectivity index (χ0) is 13.7. The molecule has 1 aromatic carbocycles. The van der Waals surface area contributed by atoms with Gasteiger partial charge in [0.2, 0.25) is 0 Å². The number of piperidine rings is 1. The largest absolute Gasteiger partial charge is 0.361 e. The zero-order valence-electron chi connectivity index (χ0n) is 11.4. The van der Waals surface area contributed by atoms with Gasteiger partial charge in [0.25, 0.3) is 5.91 Å². The summed E-state index contributed by atoms with van der Waals surface area (Å²) in [5.74, 6) is 0.188. The van der Waals surface area contributed by atoms with Crippen molar-refractivity contribution in [3.05, 3.63) is 48.2 Å². The molecule has 0 aliphatic carbocycles. The van der Waals surface area contributed by atoms with Crippen LogP contribution < -0.4 is 0 Å². The quantitative estimate of drug-likeness (QED) is 0.788. The molecule has 2 fully saturated rings. The number of carbonyl (C=O) groups excluding carboxylic acids is 1. The zero-order valence-corrected chi connectivity index (χ0v) is 11.4. The Morgan fingerprint density at radius 3 is 2.70 bits per heavy atom. The predicted octanol–water partition coefficient (Wildman–Crippen LogP) is 3.49. The lowest BCUT2D eigenvalue weighted by Gasteiger charge is -2.36. The number of H-pyrrole nitrogens is 1. The third kappa shape index (κ3) is 1.69. The van der Waals surface area contributed by atoms with E-state index in [0.717, 1.165) is 42.1 Å². The molecule has 102 valence electrons. The number of hydrogen-bond acceptors (Lipinski definition) is 1. The third-order valence-electron chi connectivity index (χ3n) is 4.70. The molecule has 20 heavy (non-hydrogen) atoms. The molecule has 2 bridgehead atoms. The average Bonchev–Trinajstić information content (AvgIpc) is 3.00. The minimum Gasteiger partial charge on any atom is -0.361 e. The summed E-state index contributed by atoms with van der Waals surface area (Å²) in [6.45, 7) is 4.11. The van der Waals surface area contributed by atoms with Crippen LogP contribution in [0.5, 0.6) is 0 Å². The normalized spacial score (nSPS) is 25.4. The number of fused-ring (bicyclic) bond motifs is 3. The Morgan fingerprint density at radius 1 is 1.20 bits per heavy atom. The highest BCUT2D eigenvalue weighted by molar-refractivity contribution is 5.98. The molecule has 0 saturated carbocycles. The Morgan fingerprint density at radius 2 is 1.95 bits per heavy atom. The summed E-state index contributed by atoms with van der Waals surface area (Å²) in [5.41, 5.74) is 3.20. The van der Waals surface area contributed by atoms with E-state index >= 15 is 0 Å². The van der Waals surface area contributed by atoms with Gasteiger partial charge in [-0.1, -0.05) is 12.2 Å². The first-order valence-electron chi connectivity index (χ1n) is 7.29. The summed E-state index contributed by atoms with van der Waals surface area (Å²) in [6.07, 6.45) is 6.13. The van der Waals surface area contributed by atoms with Gasteiger partial charge < -0.3 is 9.88 Å². The molecular weight excluding hydrogens is 248 g/mol. The van der Waals surface area contributed by atoms with Crippen LogP contribution in [0.25, 0.3) is 10.9 Å². The number of carbonyl (C=O) groups is 1. The summed E-state index contributed by atoms with van der Waals surface area (Å²) in [5, 5.41) is 1.10. The number of amides is 1. The van der Waals surface area contributed by atoms with E-state index in [9.17, 15) is 4.79 Å². The molecule has 4 rings (SSSR count). The number of aromatic nitrogens is 1. The second-order valence-corrected chi connectivity index (χ2v) is 6.04. The fourth-order valence-electron chi connectivity index (χ4n) is 3.78. The summed E-state index contributed by atoms with van der Waals surface area (Å²) >= 11 is 0. The lowest BCUT2D eigenvalue weighted by atomic mass is 9.97. The van der Waals surface area contributed by atoms with Crippen molar-refractivity contribution in [3.8, 4) is 0 Å². The second kappa shape index (κ2) is 4.23. The molecule has 2 atom stereocenters. The molecule has 2 unspecified atom stereocenters. The highest BCUT2D eigenvalue weighted by Crippen LogP contribution is 2.38. The van der Waals surface area contributed by atoms with Gasteiger partial charge in [-0.05, 0) is 49.9 Å². The smallest absolute Gasteiger partial charge is 0.254 e. The minimum absolute atomic E-state index is 0.188. The molecule has 1 N–H and O–H groups in total. The van der Waals surface area contributed by atoms with Crippen LogP contribution in [0.1, 0.15) is 36.0 Å². The van der Waals surface area contributed by atoms with Crippen LogP contribution in [0, 0.1) is 0 Å². The first-order valence-corrected chi connectivity index (χ1v) is 7.29. The van der Waals surface area contributed by atoms with E-state index in [1.165, 1.54) is 5.57 Å². The Kier molecular flexibility index (Phi) is 2.49. The van der Waals surface area contributed by atoms with Crippen LogP contribution in [0.4, 0.5) is 0 Å². The highest BCUT2D eigenvalue weighted by atomic mass is 16.2. The van der Waals surface area contributed by atoms with Gasteiger partial charge in [0, 0.05) is 34.7 Å². The Balaban J connectivity index is 1.68. The van der Waals surface area contributed by atoms with E-state index in [1.807, 2.05) is 30.5 Å². The molecular formula is C17H18N2O. The number of hydrogen-bond donors (Lipinski definition) is 1. The van der Waals surface area contributed by atoms with Crippen LogP contribution >= 0.6 is 0 Å². The van der Waals surface area contributed by atoms with Crippen LogP contribution in [-0.4, -0.2) is 27.9 Å². The number of nitrogens with one attached hydrogen (secondary N) is 1. The van der Waals surface area contributed by atoms with Crippen LogP contribution in [-0.2, 0) is 0 Å². The summed E-state index contributed by atoms with van der Waals surface area (Å²) in [6, 6.07) is 8.68. The number of aromatic amines is 1. The number of benzene rings is 1. The van der Waals surface area contributed by atoms with E-state index in [2.05, 4.69) is 16.5 Å². The maximum Gasteiger partial charge on any atom is 0.254 e. The molecule has 1 aromatic heterocycles. The molecule has 3 heteroatoms. The fourth-order valence-corrected chi connectivity index (χ4v) is 3.78.